The lowest BCUT2D eigenvalue weighted by atomic mass is 10.1. The maximum Gasteiger partial charge on any atom is 0.408 e. The molecule has 0 saturated heterocycles. The number of alkyl carbamates (subject to hydrolysis) is 1. The minimum absolute atomic E-state index is 0.366. The molecule has 1 unspecified atom stereocenters. The van der Waals surface area contributed by atoms with E-state index in [0.29, 0.717) is 6.42 Å². The van der Waals surface area contributed by atoms with E-state index >= 15 is 0 Å². The molecule has 0 aromatic carbocycles. The van der Waals surface area contributed by atoms with Crippen LogP contribution in [0.15, 0.2) is 12.2 Å². The molecule has 1 N–H and O–H groups in total. The summed E-state index contributed by atoms with van der Waals surface area (Å²) in [6, 6.07) is -0.750. The van der Waals surface area contributed by atoms with Crippen molar-refractivity contribution < 1.29 is 19.1 Å². The topological polar surface area (TPSA) is 64.6 Å². The summed E-state index contributed by atoms with van der Waals surface area (Å²) in [5.74, 6) is -0.471. The largest absolute Gasteiger partial charge is 0.458 e. The van der Waals surface area contributed by atoms with E-state index in [0.717, 1.165) is 0 Å². The van der Waals surface area contributed by atoms with Gasteiger partial charge < -0.3 is 14.8 Å². The van der Waals surface area contributed by atoms with Crippen LogP contribution in [0.4, 0.5) is 4.79 Å². The highest BCUT2D eigenvalue weighted by atomic mass is 16.6. The van der Waals surface area contributed by atoms with Crippen LogP contribution in [0, 0.1) is 0 Å². The molecule has 0 aliphatic rings. The zero-order valence-corrected chi connectivity index (χ0v) is 13.6. The van der Waals surface area contributed by atoms with Gasteiger partial charge in [-0.25, -0.2) is 9.59 Å². The minimum Gasteiger partial charge on any atom is -0.458 e. The highest BCUT2D eigenvalue weighted by molar-refractivity contribution is 5.81. The third-order valence-corrected chi connectivity index (χ3v) is 1.99. The van der Waals surface area contributed by atoms with E-state index < -0.39 is 29.3 Å². The summed E-state index contributed by atoms with van der Waals surface area (Å²) in [5, 5.41) is 2.54. The minimum atomic E-state index is -0.750. The molecule has 0 spiro atoms. The van der Waals surface area contributed by atoms with Gasteiger partial charge in [0.05, 0.1) is 0 Å². The third kappa shape index (κ3) is 9.42. The number of amides is 1. The number of esters is 1. The van der Waals surface area contributed by atoms with Gasteiger partial charge in [0, 0.05) is 0 Å². The lowest BCUT2D eigenvalue weighted by Crippen LogP contribution is -2.45. The van der Waals surface area contributed by atoms with Crippen LogP contribution in [0.3, 0.4) is 0 Å². The third-order valence-electron chi connectivity index (χ3n) is 1.99. The zero-order valence-electron chi connectivity index (χ0n) is 13.6. The molecule has 5 nitrogen and oxygen atoms in total. The van der Waals surface area contributed by atoms with Gasteiger partial charge in [0.2, 0.25) is 0 Å². The zero-order chi connectivity index (χ0) is 16.0. The van der Waals surface area contributed by atoms with Crippen LogP contribution in [0.2, 0.25) is 0 Å². The Morgan fingerprint density at radius 3 is 1.95 bits per heavy atom. The maximum absolute atomic E-state index is 12.0. The molecule has 0 aromatic heterocycles. The lowest BCUT2D eigenvalue weighted by molar-refractivity contribution is -0.157. The van der Waals surface area contributed by atoms with Crippen molar-refractivity contribution in [2.45, 2.75) is 72.1 Å². The first kappa shape index (κ1) is 18.5. The first-order valence-electron chi connectivity index (χ1n) is 6.78. The SMILES string of the molecule is C/C=C/CC(NC(=O)OC(C)(C)C)C(=O)OC(C)(C)C. The van der Waals surface area contributed by atoms with Crippen molar-refractivity contribution in [2.75, 3.05) is 0 Å². The predicted octanol–water partition coefficient (Wildman–Crippen LogP) is 3.19. The molecule has 0 aromatic rings. The summed E-state index contributed by atoms with van der Waals surface area (Å²) < 4.78 is 10.4. The van der Waals surface area contributed by atoms with Crippen LogP contribution in [0.5, 0.6) is 0 Å². The van der Waals surface area contributed by atoms with E-state index in [2.05, 4.69) is 5.32 Å². The van der Waals surface area contributed by atoms with Crippen molar-refractivity contribution in [3.05, 3.63) is 12.2 Å². The standard InChI is InChI=1S/C15H27NO4/c1-8-9-10-11(12(17)19-14(2,3)4)16-13(18)20-15(5,6)7/h8-9,11H,10H2,1-7H3,(H,16,18)/b9-8+. The molecule has 0 heterocycles. The van der Waals surface area contributed by atoms with Gasteiger partial charge in [-0.2, -0.15) is 0 Å². The Balaban J connectivity index is 4.72. The van der Waals surface area contributed by atoms with E-state index in [1.807, 2.05) is 13.0 Å². The lowest BCUT2D eigenvalue weighted by Gasteiger charge is -2.25. The van der Waals surface area contributed by atoms with Crippen molar-refractivity contribution >= 4 is 12.1 Å². The fourth-order valence-corrected chi connectivity index (χ4v) is 1.31. The van der Waals surface area contributed by atoms with Gasteiger partial charge in [0.1, 0.15) is 17.2 Å². The molecular formula is C15H27NO4. The second-order valence-electron chi connectivity index (χ2n) is 6.54. The highest BCUT2D eigenvalue weighted by Crippen LogP contribution is 2.11. The number of carbonyl (C=O) groups excluding carboxylic acids is 2. The molecule has 20 heavy (non-hydrogen) atoms. The average Bonchev–Trinajstić information content (AvgIpc) is 2.18. The second-order valence-corrected chi connectivity index (χ2v) is 6.54. The summed E-state index contributed by atoms with van der Waals surface area (Å²) in [4.78, 5) is 23.8. The Kier molecular flexibility index (Phi) is 6.76. The molecular weight excluding hydrogens is 258 g/mol. The van der Waals surface area contributed by atoms with Crippen molar-refractivity contribution in [2.24, 2.45) is 0 Å². The molecule has 0 rings (SSSR count). The van der Waals surface area contributed by atoms with E-state index in [-0.39, 0.29) is 0 Å². The van der Waals surface area contributed by atoms with Gasteiger partial charge >= 0.3 is 12.1 Å². The fourth-order valence-electron chi connectivity index (χ4n) is 1.31. The summed E-state index contributed by atoms with van der Waals surface area (Å²) >= 11 is 0. The van der Waals surface area contributed by atoms with Crippen LogP contribution >= 0.6 is 0 Å². The van der Waals surface area contributed by atoms with Gasteiger partial charge in [-0.05, 0) is 54.9 Å². The maximum atomic E-state index is 12.0. The molecule has 116 valence electrons. The number of rotatable bonds is 4. The van der Waals surface area contributed by atoms with Crippen molar-refractivity contribution in [3.8, 4) is 0 Å². The number of allylic oxidation sites excluding steroid dienone is 1. The van der Waals surface area contributed by atoms with Crippen LogP contribution < -0.4 is 5.32 Å². The molecule has 1 atom stereocenters. The van der Waals surface area contributed by atoms with Gasteiger partial charge in [-0.15, -0.1) is 0 Å². The number of hydrogen-bond donors (Lipinski definition) is 1. The van der Waals surface area contributed by atoms with E-state index in [9.17, 15) is 9.59 Å². The van der Waals surface area contributed by atoms with Crippen molar-refractivity contribution in [3.63, 3.8) is 0 Å². The smallest absolute Gasteiger partial charge is 0.408 e. The van der Waals surface area contributed by atoms with Crippen LogP contribution in [0.1, 0.15) is 54.9 Å². The number of carbonyl (C=O) groups is 2. The molecule has 5 heteroatoms. The molecule has 0 aliphatic heterocycles. The molecule has 0 fully saturated rings. The van der Waals surface area contributed by atoms with Crippen LogP contribution in [-0.4, -0.2) is 29.3 Å². The summed E-state index contributed by atoms with van der Waals surface area (Å²) in [5.41, 5.74) is -1.20. The van der Waals surface area contributed by atoms with Gasteiger partial charge in [0.15, 0.2) is 0 Å². The van der Waals surface area contributed by atoms with Gasteiger partial charge in [-0.1, -0.05) is 12.2 Å². The normalized spacial score (nSPS) is 13.9. The van der Waals surface area contributed by atoms with Crippen LogP contribution in [0.25, 0.3) is 0 Å². The predicted molar refractivity (Wildman–Crippen MR) is 78.4 cm³/mol. The van der Waals surface area contributed by atoms with E-state index in [1.165, 1.54) is 0 Å². The molecule has 0 saturated carbocycles. The van der Waals surface area contributed by atoms with Gasteiger partial charge in [-0.3, -0.25) is 0 Å². The summed E-state index contributed by atoms with van der Waals surface area (Å²) in [7, 11) is 0. The number of nitrogens with one attached hydrogen (secondary N) is 1. The Bertz CT molecular complexity index is 361. The summed E-state index contributed by atoms with van der Waals surface area (Å²) in [6.45, 7) is 12.5. The Labute approximate surface area is 121 Å². The van der Waals surface area contributed by atoms with E-state index in [4.69, 9.17) is 9.47 Å². The Morgan fingerprint density at radius 1 is 1.05 bits per heavy atom. The number of hydrogen-bond acceptors (Lipinski definition) is 4. The first-order chi connectivity index (χ1) is 8.94. The summed E-state index contributed by atoms with van der Waals surface area (Å²) in [6.07, 6.45) is 3.35. The highest BCUT2D eigenvalue weighted by Gasteiger charge is 2.27. The molecule has 0 bridgehead atoms. The molecule has 0 radical (unpaired) electrons. The van der Waals surface area contributed by atoms with Crippen LogP contribution in [-0.2, 0) is 14.3 Å². The second kappa shape index (κ2) is 7.31. The molecule has 0 aliphatic carbocycles. The Hall–Kier alpha value is -1.52. The molecule has 1 amide bonds. The first-order valence-corrected chi connectivity index (χ1v) is 6.78. The van der Waals surface area contributed by atoms with Crippen molar-refractivity contribution in [1.82, 2.24) is 5.32 Å². The van der Waals surface area contributed by atoms with Crippen molar-refractivity contribution in [1.29, 1.82) is 0 Å². The quantitative estimate of drug-likeness (QED) is 0.636. The number of ether oxygens (including phenoxy) is 2. The fraction of sp³-hybridized carbons (Fsp3) is 0.733. The van der Waals surface area contributed by atoms with Gasteiger partial charge in [0.25, 0.3) is 0 Å². The monoisotopic (exact) mass is 285 g/mol. The Morgan fingerprint density at radius 2 is 1.55 bits per heavy atom. The average molecular weight is 285 g/mol. The van der Waals surface area contributed by atoms with E-state index in [1.54, 1.807) is 47.6 Å².